The molecule has 23 heavy (non-hydrogen) atoms. The molecule has 1 N–H and O–H groups in total. The van der Waals surface area contributed by atoms with Crippen LogP contribution in [-0.4, -0.2) is 4.92 Å². The smallest absolute Gasteiger partial charge is 0.274 e. The first-order valence-corrected chi connectivity index (χ1v) is 8.41. The Morgan fingerprint density at radius 2 is 1.91 bits per heavy atom. The quantitative estimate of drug-likeness (QED) is 0.449. The molecule has 3 atom stereocenters. The van der Waals surface area contributed by atoms with Crippen LogP contribution in [0.2, 0.25) is 0 Å². The van der Waals surface area contributed by atoms with Crippen molar-refractivity contribution in [2.24, 2.45) is 5.92 Å². The summed E-state index contributed by atoms with van der Waals surface area (Å²) in [6.07, 6.45) is 5.35. The van der Waals surface area contributed by atoms with Crippen LogP contribution in [0, 0.1) is 16.0 Å². The molecule has 5 heteroatoms. The molecule has 2 aliphatic rings. The van der Waals surface area contributed by atoms with E-state index in [-0.39, 0.29) is 16.7 Å². The van der Waals surface area contributed by atoms with Gasteiger partial charge < -0.3 is 5.32 Å². The molecule has 4 rings (SSSR count). The summed E-state index contributed by atoms with van der Waals surface area (Å²) in [6, 6.07) is 13.2. The summed E-state index contributed by atoms with van der Waals surface area (Å²) in [6.45, 7) is 0. The predicted molar refractivity (Wildman–Crippen MR) is 93.6 cm³/mol. The van der Waals surface area contributed by atoms with Crippen molar-refractivity contribution in [3.05, 3.63) is 80.3 Å². The van der Waals surface area contributed by atoms with Gasteiger partial charge >= 0.3 is 0 Å². The third kappa shape index (κ3) is 2.27. The van der Waals surface area contributed by atoms with E-state index in [2.05, 4.69) is 39.5 Å². The summed E-state index contributed by atoms with van der Waals surface area (Å²) in [5, 5.41) is 15.0. The highest BCUT2D eigenvalue weighted by Crippen LogP contribution is 2.52. The SMILES string of the molecule is O=[N+]([O-])c1ccccc1[C@@H]1Nc2c(Br)cccc2[C@@H]2C=CC[C@@H]21. The van der Waals surface area contributed by atoms with E-state index in [1.165, 1.54) is 5.56 Å². The van der Waals surface area contributed by atoms with E-state index in [0.717, 1.165) is 22.1 Å². The molecular weight excluding hydrogens is 356 g/mol. The molecule has 0 aromatic heterocycles. The number of halogens is 1. The molecule has 0 saturated carbocycles. The van der Waals surface area contributed by atoms with Crippen LogP contribution in [-0.2, 0) is 0 Å². The van der Waals surface area contributed by atoms with Gasteiger partial charge in [0.25, 0.3) is 5.69 Å². The number of para-hydroxylation sites is 2. The standard InChI is InChI=1S/C18H15BrN2O2/c19-15-9-4-8-13-11-6-3-7-12(11)17(20-18(13)15)14-5-1-2-10-16(14)21(22)23/h1-6,8-12,17,20H,7H2/t11-,12+,17-/m1/s1. The van der Waals surface area contributed by atoms with E-state index in [0.29, 0.717) is 11.8 Å². The molecule has 0 radical (unpaired) electrons. The monoisotopic (exact) mass is 370 g/mol. The zero-order valence-corrected chi connectivity index (χ0v) is 13.9. The predicted octanol–water partition coefficient (Wildman–Crippen LogP) is 5.18. The number of nitro groups is 1. The van der Waals surface area contributed by atoms with Gasteiger partial charge in [-0.15, -0.1) is 0 Å². The zero-order chi connectivity index (χ0) is 16.0. The second kappa shape index (κ2) is 5.49. The second-order valence-electron chi connectivity index (χ2n) is 6.00. The summed E-state index contributed by atoms with van der Waals surface area (Å²) in [4.78, 5) is 11.1. The molecule has 1 aliphatic carbocycles. The minimum atomic E-state index is -0.288. The van der Waals surface area contributed by atoms with Crippen molar-refractivity contribution in [1.29, 1.82) is 0 Å². The third-order valence-corrected chi connectivity index (χ3v) is 5.48. The maximum Gasteiger partial charge on any atom is 0.274 e. The van der Waals surface area contributed by atoms with E-state index in [9.17, 15) is 10.1 Å². The first-order valence-electron chi connectivity index (χ1n) is 7.61. The number of rotatable bonds is 2. The summed E-state index contributed by atoms with van der Waals surface area (Å²) in [7, 11) is 0. The molecule has 0 unspecified atom stereocenters. The average molecular weight is 371 g/mol. The molecule has 0 amide bonds. The fraction of sp³-hybridized carbons (Fsp3) is 0.222. The van der Waals surface area contributed by atoms with Gasteiger partial charge in [-0.2, -0.15) is 0 Å². The van der Waals surface area contributed by atoms with Gasteiger partial charge in [0.15, 0.2) is 0 Å². The molecule has 2 aromatic rings. The Morgan fingerprint density at radius 3 is 2.74 bits per heavy atom. The van der Waals surface area contributed by atoms with Crippen LogP contribution in [0.4, 0.5) is 11.4 Å². The van der Waals surface area contributed by atoms with Crippen LogP contribution in [0.5, 0.6) is 0 Å². The summed E-state index contributed by atoms with van der Waals surface area (Å²) in [5.74, 6) is 0.603. The highest BCUT2D eigenvalue weighted by molar-refractivity contribution is 9.10. The van der Waals surface area contributed by atoms with Crippen molar-refractivity contribution < 1.29 is 4.92 Å². The van der Waals surface area contributed by atoms with Crippen molar-refractivity contribution in [1.82, 2.24) is 0 Å². The topological polar surface area (TPSA) is 55.2 Å². The van der Waals surface area contributed by atoms with Crippen LogP contribution in [0.15, 0.2) is 59.1 Å². The number of nitro benzene ring substituents is 1. The van der Waals surface area contributed by atoms with Gasteiger partial charge in [0.1, 0.15) is 0 Å². The molecule has 0 saturated heterocycles. The second-order valence-corrected chi connectivity index (χ2v) is 6.85. The molecule has 0 fully saturated rings. The number of hydrogen-bond acceptors (Lipinski definition) is 3. The van der Waals surface area contributed by atoms with Gasteiger partial charge in [-0.05, 0) is 39.9 Å². The lowest BCUT2D eigenvalue weighted by Gasteiger charge is -2.37. The fourth-order valence-electron chi connectivity index (χ4n) is 3.81. The van der Waals surface area contributed by atoms with Gasteiger partial charge in [0, 0.05) is 16.5 Å². The molecule has 2 aromatic carbocycles. The van der Waals surface area contributed by atoms with Gasteiger partial charge in [-0.25, -0.2) is 0 Å². The van der Waals surface area contributed by atoms with Crippen LogP contribution in [0.1, 0.15) is 29.5 Å². The normalized spacial score (nSPS) is 24.7. The minimum absolute atomic E-state index is 0.0669. The average Bonchev–Trinajstić information content (AvgIpc) is 3.04. The van der Waals surface area contributed by atoms with E-state index in [4.69, 9.17) is 0 Å². The van der Waals surface area contributed by atoms with E-state index in [1.54, 1.807) is 12.1 Å². The lowest BCUT2D eigenvalue weighted by atomic mass is 9.77. The Balaban J connectivity index is 1.86. The van der Waals surface area contributed by atoms with E-state index >= 15 is 0 Å². The number of hydrogen-bond donors (Lipinski definition) is 1. The van der Waals surface area contributed by atoms with Gasteiger partial charge in [-0.3, -0.25) is 10.1 Å². The highest BCUT2D eigenvalue weighted by Gasteiger charge is 2.40. The molecule has 1 aliphatic heterocycles. The van der Waals surface area contributed by atoms with Crippen molar-refractivity contribution in [3.63, 3.8) is 0 Å². The van der Waals surface area contributed by atoms with Crippen LogP contribution in [0.25, 0.3) is 0 Å². The van der Waals surface area contributed by atoms with Gasteiger partial charge in [0.05, 0.1) is 22.2 Å². The molecule has 116 valence electrons. The molecule has 4 nitrogen and oxygen atoms in total. The van der Waals surface area contributed by atoms with E-state index < -0.39 is 0 Å². The largest absolute Gasteiger partial charge is 0.376 e. The van der Waals surface area contributed by atoms with Crippen molar-refractivity contribution in [2.45, 2.75) is 18.4 Å². The maximum atomic E-state index is 11.4. The maximum absolute atomic E-state index is 11.4. The lowest BCUT2D eigenvalue weighted by molar-refractivity contribution is -0.385. The molecule has 1 heterocycles. The number of fused-ring (bicyclic) bond motifs is 3. The highest BCUT2D eigenvalue weighted by atomic mass is 79.9. The molecule has 0 bridgehead atoms. The summed E-state index contributed by atoms with van der Waals surface area (Å²) in [5.41, 5.74) is 3.25. The number of anilines is 1. The van der Waals surface area contributed by atoms with Crippen LogP contribution in [0.3, 0.4) is 0 Å². The first-order chi connectivity index (χ1) is 11.2. The Bertz CT molecular complexity index is 818. The Hall–Kier alpha value is -2.14. The van der Waals surface area contributed by atoms with Crippen molar-refractivity contribution in [2.75, 3.05) is 5.32 Å². The number of allylic oxidation sites excluding steroid dienone is 2. The molecular formula is C18H15BrN2O2. The number of nitrogens with zero attached hydrogens (tertiary/aromatic N) is 1. The van der Waals surface area contributed by atoms with Crippen molar-refractivity contribution >= 4 is 27.3 Å². The van der Waals surface area contributed by atoms with Crippen LogP contribution < -0.4 is 5.32 Å². The number of nitrogens with one attached hydrogen (secondary N) is 1. The Morgan fingerprint density at radius 1 is 1.13 bits per heavy atom. The minimum Gasteiger partial charge on any atom is -0.376 e. The fourth-order valence-corrected chi connectivity index (χ4v) is 4.30. The van der Waals surface area contributed by atoms with E-state index in [1.807, 2.05) is 24.3 Å². The summed E-state index contributed by atoms with van der Waals surface area (Å²) >= 11 is 3.61. The molecule has 0 spiro atoms. The lowest BCUT2D eigenvalue weighted by Crippen LogP contribution is -2.29. The Labute approximate surface area is 142 Å². The third-order valence-electron chi connectivity index (χ3n) is 4.81. The van der Waals surface area contributed by atoms with Gasteiger partial charge in [0.2, 0.25) is 0 Å². The van der Waals surface area contributed by atoms with Crippen molar-refractivity contribution in [3.8, 4) is 0 Å². The Kier molecular flexibility index (Phi) is 3.45. The first kappa shape index (κ1) is 14.5. The number of benzene rings is 2. The zero-order valence-electron chi connectivity index (χ0n) is 12.3. The van der Waals surface area contributed by atoms with Gasteiger partial charge in [-0.1, -0.05) is 42.5 Å². The summed E-state index contributed by atoms with van der Waals surface area (Å²) < 4.78 is 0.998. The van der Waals surface area contributed by atoms with Crippen LogP contribution >= 0.6 is 15.9 Å².